The zero-order valence-corrected chi connectivity index (χ0v) is 21.7. The number of fused-ring (bicyclic) bond motifs is 1. The van der Waals surface area contributed by atoms with Crippen LogP contribution in [-0.4, -0.2) is 50.8 Å². The Bertz CT molecular complexity index is 1260. The van der Waals surface area contributed by atoms with Crippen molar-refractivity contribution in [3.63, 3.8) is 0 Å². The second-order valence-electron chi connectivity index (χ2n) is 7.70. The molecule has 10 heteroatoms. The van der Waals surface area contributed by atoms with Crippen LogP contribution in [0.25, 0.3) is 17.0 Å². The highest BCUT2D eigenvalue weighted by Crippen LogP contribution is 2.35. The summed E-state index contributed by atoms with van der Waals surface area (Å²) in [5.74, 6) is -0.212. The quantitative estimate of drug-likeness (QED) is 0.239. The van der Waals surface area contributed by atoms with Gasteiger partial charge in [0.25, 0.3) is 5.91 Å². The number of aromatic nitrogens is 2. The Morgan fingerprint density at radius 1 is 1.35 bits per heavy atom. The number of methoxy groups -OCH3 is 1. The number of hydrogen-bond donors (Lipinski definition) is 1. The molecule has 0 bridgehead atoms. The molecule has 0 radical (unpaired) electrons. The fourth-order valence-corrected chi connectivity index (χ4v) is 5.26. The van der Waals surface area contributed by atoms with Gasteiger partial charge >= 0.3 is 0 Å². The lowest BCUT2D eigenvalue weighted by molar-refractivity contribution is -0.123. The Labute approximate surface area is 215 Å². The number of thioether (sulfide) groups is 1. The van der Waals surface area contributed by atoms with Crippen LogP contribution < -0.4 is 5.32 Å². The third-order valence-corrected chi connectivity index (χ3v) is 7.13. The van der Waals surface area contributed by atoms with Crippen LogP contribution in [0.4, 0.5) is 0 Å². The second-order valence-corrected chi connectivity index (χ2v) is 10.3. The number of benzene rings is 1. The summed E-state index contributed by atoms with van der Waals surface area (Å²) in [7, 11) is 1.64. The Balaban J connectivity index is 1.58. The number of ether oxygens (including phenoxy) is 1. The summed E-state index contributed by atoms with van der Waals surface area (Å²) in [6.45, 7) is 1.72. The van der Waals surface area contributed by atoms with Crippen molar-refractivity contribution in [2.45, 2.75) is 19.5 Å². The summed E-state index contributed by atoms with van der Waals surface area (Å²) in [6, 6.07) is 9.64. The number of carbonyl (C=O) groups is 2. The third kappa shape index (κ3) is 5.75. The van der Waals surface area contributed by atoms with Gasteiger partial charge in [-0.3, -0.25) is 19.5 Å². The van der Waals surface area contributed by atoms with E-state index in [1.807, 2.05) is 47.2 Å². The molecule has 7 nitrogen and oxygen atoms in total. The Morgan fingerprint density at radius 2 is 2.21 bits per heavy atom. The van der Waals surface area contributed by atoms with Gasteiger partial charge in [0.2, 0.25) is 5.91 Å². The van der Waals surface area contributed by atoms with Gasteiger partial charge in [-0.2, -0.15) is 0 Å². The highest BCUT2D eigenvalue weighted by Gasteiger charge is 2.32. The van der Waals surface area contributed by atoms with Gasteiger partial charge in [0, 0.05) is 59.8 Å². The van der Waals surface area contributed by atoms with Gasteiger partial charge in [-0.15, -0.1) is 0 Å². The van der Waals surface area contributed by atoms with Crippen LogP contribution in [0.2, 0.25) is 0 Å². The first-order chi connectivity index (χ1) is 16.5. The zero-order valence-electron chi connectivity index (χ0n) is 18.5. The standard InChI is InChI=1S/C24H23BrN4O3S2/c1-32-9-3-8-27-22(30)15-28-14-17(19-11-18(25)5-6-20(19)28)10-21-23(31)29(24(33)34-21)13-16-4-2-7-26-12-16/h2,4-7,10-12,14H,3,8-9,13,15H2,1H3,(H,27,30)/b21-10-. The van der Waals surface area contributed by atoms with E-state index in [-0.39, 0.29) is 18.4 Å². The lowest BCUT2D eigenvalue weighted by Gasteiger charge is -2.13. The molecule has 3 aromatic rings. The first-order valence-corrected chi connectivity index (χ1v) is 12.7. The highest BCUT2D eigenvalue weighted by atomic mass is 79.9. The number of nitrogens with zero attached hydrogens (tertiary/aromatic N) is 3. The van der Waals surface area contributed by atoms with E-state index >= 15 is 0 Å². The number of carbonyl (C=O) groups excluding carboxylic acids is 2. The van der Waals surface area contributed by atoms with E-state index in [0.717, 1.165) is 32.9 Å². The summed E-state index contributed by atoms with van der Waals surface area (Å²) in [5, 5.41) is 3.86. The topological polar surface area (TPSA) is 76.5 Å². The van der Waals surface area contributed by atoms with Crippen molar-refractivity contribution in [1.82, 2.24) is 19.8 Å². The minimum absolute atomic E-state index is 0.0785. The molecule has 2 aromatic heterocycles. The molecular formula is C24H23BrN4O3S2. The first-order valence-electron chi connectivity index (χ1n) is 10.6. The largest absolute Gasteiger partial charge is 0.385 e. The molecular weight excluding hydrogens is 536 g/mol. The van der Waals surface area contributed by atoms with Crippen LogP contribution in [0.15, 0.2) is 58.3 Å². The Hall–Kier alpha value is -2.53. The molecule has 1 aliphatic rings. The van der Waals surface area contributed by atoms with Crippen molar-refractivity contribution in [3.05, 3.63) is 69.4 Å². The number of thiocarbonyl (C=S) groups is 1. The predicted octanol–water partition coefficient (Wildman–Crippen LogP) is 4.35. The number of nitrogens with one attached hydrogen (secondary N) is 1. The van der Waals surface area contributed by atoms with Gasteiger partial charge in [-0.1, -0.05) is 46.0 Å². The van der Waals surface area contributed by atoms with Gasteiger partial charge in [-0.05, 0) is 42.3 Å². The number of rotatable bonds is 9. The summed E-state index contributed by atoms with van der Waals surface area (Å²) < 4.78 is 8.35. The van der Waals surface area contributed by atoms with Gasteiger partial charge in [-0.25, -0.2) is 0 Å². The second kappa shape index (κ2) is 11.3. The molecule has 0 aliphatic carbocycles. The molecule has 176 valence electrons. The Kier molecular flexibility index (Phi) is 8.15. The van der Waals surface area contributed by atoms with E-state index in [9.17, 15) is 9.59 Å². The number of halogens is 1. The first kappa shape index (κ1) is 24.6. The monoisotopic (exact) mass is 558 g/mol. The highest BCUT2D eigenvalue weighted by molar-refractivity contribution is 9.10. The molecule has 1 fully saturated rings. The predicted molar refractivity (Wildman–Crippen MR) is 142 cm³/mol. The van der Waals surface area contributed by atoms with E-state index in [1.54, 1.807) is 24.4 Å². The summed E-state index contributed by atoms with van der Waals surface area (Å²) in [6.07, 6.45) is 7.94. The van der Waals surface area contributed by atoms with Gasteiger partial charge < -0.3 is 14.6 Å². The minimum Gasteiger partial charge on any atom is -0.385 e. The number of hydrogen-bond acceptors (Lipinski definition) is 6. The Morgan fingerprint density at radius 3 is 2.97 bits per heavy atom. The molecule has 1 N–H and O–H groups in total. The third-order valence-electron chi connectivity index (χ3n) is 5.26. The van der Waals surface area contributed by atoms with E-state index in [2.05, 4.69) is 26.2 Å². The van der Waals surface area contributed by atoms with Crippen molar-refractivity contribution < 1.29 is 14.3 Å². The minimum atomic E-state index is -0.134. The van der Waals surface area contributed by atoms with Crippen LogP contribution >= 0.6 is 39.9 Å². The summed E-state index contributed by atoms with van der Waals surface area (Å²) in [5.41, 5.74) is 2.68. The number of pyridine rings is 1. The van der Waals surface area contributed by atoms with E-state index < -0.39 is 0 Å². The fourth-order valence-electron chi connectivity index (χ4n) is 3.65. The van der Waals surface area contributed by atoms with Gasteiger partial charge in [0.05, 0.1) is 11.4 Å². The summed E-state index contributed by atoms with van der Waals surface area (Å²) >= 11 is 10.3. The molecule has 0 atom stereocenters. The molecule has 2 amide bonds. The maximum absolute atomic E-state index is 13.1. The van der Waals surface area contributed by atoms with Crippen LogP contribution in [-0.2, 0) is 27.4 Å². The molecule has 1 aromatic carbocycles. The maximum atomic E-state index is 13.1. The molecule has 0 spiro atoms. The van der Waals surface area contributed by atoms with Crippen molar-refractivity contribution in [1.29, 1.82) is 0 Å². The fraction of sp³-hybridized carbons (Fsp3) is 0.250. The van der Waals surface area contributed by atoms with E-state index in [1.165, 1.54) is 11.8 Å². The average Bonchev–Trinajstić information content (AvgIpc) is 3.28. The molecule has 0 saturated carbocycles. The normalized spacial score (nSPS) is 15.0. The van der Waals surface area contributed by atoms with Crippen molar-refractivity contribution in [2.24, 2.45) is 0 Å². The molecule has 3 heterocycles. The SMILES string of the molecule is COCCCNC(=O)Cn1cc(/C=C2\SC(=S)N(Cc3cccnc3)C2=O)c2cc(Br)ccc21. The van der Waals surface area contributed by atoms with Crippen LogP contribution in [0.1, 0.15) is 17.5 Å². The van der Waals surface area contributed by atoms with Crippen LogP contribution in [0, 0.1) is 0 Å². The summed E-state index contributed by atoms with van der Waals surface area (Å²) in [4.78, 5) is 31.8. The number of amides is 2. The van der Waals surface area contributed by atoms with E-state index in [0.29, 0.717) is 28.9 Å². The zero-order chi connectivity index (χ0) is 24.1. The van der Waals surface area contributed by atoms with Crippen molar-refractivity contribution >= 4 is 73.0 Å². The molecule has 0 unspecified atom stereocenters. The maximum Gasteiger partial charge on any atom is 0.266 e. The van der Waals surface area contributed by atoms with Crippen LogP contribution in [0.5, 0.6) is 0 Å². The molecule has 4 rings (SSSR count). The smallest absolute Gasteiger partial charge is 0.266 e. The lowest BCUT2D eigenvalue weighted by Crippen LogP contribution is -2.28. The lowest BCUT2D eigenvalue weighted by atomic mass is 10.1. The van der Waals surface area contributed by atoms with Crippen molar-refractivity contribution in [2.75, 3.05) is 20.3 Å². The molecule has 1 saturated heterocycles. The van der Waals surface area contributed by atoms with Crippen LogP contribution in [0.3, 0.4) is 0 Å². The molecule has 34 heavy (non-hydrogen) atoms. The molecule has 1 aliphatic heterocycles. The van der Waals surface area contributed by atoms with E-state index in [4.69, 9.17) is 17.0 Å². The van der Waals surface area contributed by atoms with Gasteiger partial charge in [0.15, 0.2) is 0 Å². The van der Waals surface area contributed by atoms with Gasteiger partial charge in [0.1, 0.15) is 10.9 Å². The van der Waals surface area contributed by atoms with Crippen molar-refractivity contribution in [3.8, 4) is 0 Å². The average molecular weight is 560 g/mol.